The van der Waals surface area contributed by atoms with Crippen molar-refractivity contribution < 1.29 is 0 Å². The average molecular weight is 255 g/mol. The number of nitrogens with zero attached hydrogens (tertiary/aromatic N) is 4. The molecule has 5 heteroatoms. The maximum Gasteiger partial charge on any atom is 0.144 e. The highest BCUT2D eigenvalue weighted by atomic mass is 15.3. The second-order valence-corrected chi connectivity index (χ2v) is 4.54. The lowest BCUT2D eigenvalue weighted by molar-refractivity contribution is 0.711. The zero-order valence-electron chi connectivity index (χ0n) is 11.4. The molecule has 0 aliphatic rings. The summed E-state index contributed by atoms with van der Waals surface area (Å²) in [5.41, 5.74) is 3.64. The standard InChI is InChI=1S/C14H17N5/c1-10-8-11(2)18-14(13(10)9-15)16-6-4-12-5-7-17-19(12)3/h5,7-8H,4,6H2,1-3H3,(H,16,18). The number of nitriles is 1. The van der Waals surface area contributed by atoms with Gasteiger partial charge in [-0.15, -0.1) is 0 Å². The van der Waals surface area contributed by atoms with Gasteiger partial charge in [0.2, 0.25) is 0 Å². The number of pyridine rings is 1. The van der Waals surface area contributed by atoms with Gasteiger partial charge in [-0.25, -0.2) is 4.98 Å². The molecule has 0 aliphatic heterocycles. The molecule has 0 fully saturated rings. The number of anilines is 1. The summed E-state index contributed by atoms with van der Waals surface area (Å²) < 4.78 is 1.85. The Labute approximate surface area is 112 Å². The number of hydrogen-bond donors (Lipinski definition) is 1. The van der Waals surface area contributed by atoms with Gasteiger partial charge in [0.05, 0.1) is 5.56 Å². The molecule has 19 heavy (non-hydrogen) atoms. The van der Waals surface area contributed by atoms with Crippen LogP contribution < -0.4 is 5.32 Å². The maximum atomic E-state index is 9.17. The van der Waals surface area contributed by atoms with Crippen LogP contribution in [0, 0.1) is 25.2 Å². The summed E-state index contributed by atoms with van der Waals surface area (Å²) >= 11 is 0. The Bertz CT molecular complexity index is 621. The Morgan fingerprint density at radius 1 is 1.42 bits per heavy atom. The highest BCUT2D eigenvalue weighted by Gasteiger charge is 2.08. The van der Waals surface area contributed by atoms with Crippen molar-refractivity contribution in [1.82, 2.24) is 14.8 Å². The number of hydrogen-bond acceptors (Lipinski definition) is 4. The van der Waals surface area contributed by atoms with E-state index in [0.717, 1.165) is 29.9 Å². The fourth-order valence-corrected chi connectivity index (χ4v) is 2.06. The first-order chi connectivity index (χ1) is 9.11. The molecule has 0 bridgehead atoms. The molecule has 2 aromatic heterocycles. The van der Waals surface area contributed by atoms with Crippen molar-refractivity contribution in [3.05, 3.63) is 40.8 Å². The Balaban J connectivity index is 2.08. The normalized spacial score (nSPS) is 10.2. The molecule has 0 saturated carbocycles. The minimum Gasteiger partial charge on any atom is -0.369 e. The highest BCUT2D eigenvalue weighted by Crippen LogP contribution is 2.17. The van der Waals surface area contributed by atoms with Gasteiger partial charge in [-0.05, 0) is 31.5 Å². The van der Waals surface area contributed by atoms with Crippen molar-refractivity contribution in [3.8, 4) is 6.07 Å². The van der Waals surface area contributed by atoms with Crippen molar-refractivity contribution in [1.29, 1.82) is 5.26 Å². The zero-order chi connectivity index (χ0) is 13.8. The maximum absolute atomic E-state index is 9.17. The smallest absolute Gasteiger partial charge is 0.144 e. The van der Waals surface area contributed by atoms with Crippen LogP contribution in [0.25, 0.3) is 0 Å². The van der Waals surface area contributed by atoms with Gasteiger partial charge in [0.25, 0.3) is 0 Å². The van der Waals surface area contributed by atoms with Crippen molar-refractivity contribution in [2.24, 2.45) is 7.05 Å². The first-order valence-corrected chi connectivity index (χ1v) is 6.21. The molecule has 2 rings (SSSR count). The molecule has 5 nitrogen and oxygen atoms in total. The summed E-state index contributed by atoms with van der Waals surface area (Å²) in [5.74, 6) is 0.669. The summed E-state index contributed by atoms with van der Waals surface area (Å²) in [6.45, 7) is 4.59. The van der Waals surface area contributed by atoms with Crippen molar-refractivity contribution in [3.63, 3.8) is 0 Å². The van der Waals surface area contributed by atoms with E-state index < -0.39 is 0 Å². The van der Waals surface area contributed by atoms with Crippen LogP contribution in [0.3, 0.4) is 0 Å². The van der Waals surface area contributed by atoms with Crippen LogP contribution in [0.1, 0.15) is 22.5 Å². The van der Waals surface area contributed by atoms with Crippen molar-refractivity contribution in [2.75, 3.05) is 11.9 Å². The quantitative estimate of drug-likeness (QED) is 0.907. The van der Waals surface area contributed by atoms with Gasteiger partial charge in [0.15, 0.2) is 0 Å². The Morgan fingerprint density at radius 3 is 2.84 bits per heavy atom. The SMILES string of the molecule is Cc1cc(C)c(C#N)c(NCCc2ccnn2C)n1. The van der Waals surface area contributed by atoms with E-state index in [1.54, 1.807) is 6.20 Å². The lowest BCUT2D eigenvalue weighted by atomic mass is 10.1. The van der Waals surface area contributed by atoms with Gasteiger partial charge in [-0.2, -0.15) is 10.4 Å². The molecule has 0 aromatic carbocycles. The third-order valence-electron chi connectivity index (χ3n) is 3.05. The molecule has 98 valence electrons. The third-order valence-corrected chi connectivity index (χ3v) is 3.05. The minimum absolute atomic E-state index is 0.621. The predicted molar refractivity (Wildman–Crippen MR) is 73.8 cm³/mol. The molecule has 1 N–H and O–H groups in total. The lowest BCUT2D eigenvalue weighted by Gasteiger charge is -2.10. The molecular formula is C14H17N5. The van der Waals surface area contributed by atoms with Gasteiger partial charge in [-0.3, -0.25) is 4.68 Å². The van der Waals surface area contributed by atoms with Crippen molar-refractivity contribution in [2.45, 2.75) is 20.3 Å². The summed E-state index contributed by atoms with van der Waals surface area (Å²) in [4.78, 5) is 4.39. The molecule has 0 aliphatic carbocycles. The van der Waals surface area contributed by atoms with Crippen LogP contribution in [0.2, 0.25) is 0 Å². The fourth-order valence-electron chi connectivity index (χ4n) is 2.06. The Kier molecular flexibility index (Phi) is 3.81. The van der Waals surface area contributed by atoms with Gasteiger partial charge in [0, 0.05) is 37.6 Å². The first-order valence-electron chi connectivity index (χ1n) is 6.21. The van der Waals surface area contributed by atoms with E-state index in [0.29, 0.717) is 11.4 Å². The van der Waals surface area contributed by atoms with Gasteiger partial charge in [0.1, 0.15) is 11.9 Å². The number of nitrogens with one attached hydrogen (secondary N) is 1. The molecule has 0 amide bonds. The second kappa shape index (κ2) is 5.53. The molecular weight excluding hydrogens is 238 g/mol. The monoisotopic (exact) mass is 255 g/mol. The summed E-state index contributed by atoms with van der Waals surface area (Å²) in [6, 6.07) is 6.11. The van der Waals surface area contributed by atoms with E-state index in [1.807, 2.05) is 37.7 Å². The molecule has 2 heterocycles. The third kappa shape index (κ3) is 2.91. The lowest BCUT2D eigenvalue weighted by Crippen LogP contribution is -2.11. The summed E-state index contributed by atoms with van der Waals surface area (Å²) in [7, 11) is 1.92. The molecule has 0 unspecified atom stereocenters. The number of rotatable bonds is 4. The van der Waals surface area contributed by atoms with E-state index in [9.17, 15) is 5.26 Å². The Morgan fingerprint density at radius 2 is 2.21 bits per heavy atom. The van der Waals surface area contributed by atoms with Crippen molar-refractivity contribution >= 4 is 5.82 Å². The fraction of sp³-hybridized carbons (Fsp3) is 0.357. The van der Waals surface area contributed by atoms with Crippen LogP contribution in [0.5, 0.6) is 0 Å². The highest BCUT2D eigenvalue weighted by molar-refractivity contribution is 5.56. The summed E-state index contributed by atoms with van der Waals surface area (Å²) in [5, 5.41) is 16.5. The Hall–Kier alpha value is -2.35. The first kappa shape index (κ1) is 13.1. The van der Waals surface area contributed by atoms with E-state index in [2.05, 4.69) is 21.5 Å². The molecule has 2 aromatic rings. The largest absolute Gasteiger partial charge is 0.369 e. The van der Waals surface area contributed by atoms with Crippen LogP contribution in [0.4, 0.5) is 5.82 Å². The van der Waals surface area contributed by atoms with E-state index in [-0.39, 0.29) is 0 Å². The predicted octanol–water partition coefficient (Wildman–Crippen LogP) is 1.96. The second-order valence-electron chi connectivity index (χ2n) is 4.54. The molecule has 0 saturated heterocycles. The van der Waals surface area contributed by atoms with Crippen LogP contribution in [0.15, 0.2) is 18.3 Å². The van der Waals surface area contributed by atoms with E-state index in [1.165, 1.54) is 0 Å². The van der Waals surface area contributed by atoms with Gasteiger partial charge < -0.3 is 5.32 Å². The molecule has 0 radical (unpaired) electrons. The summed E-state index contributed by atoms with van der Waals surface area (Å²) in [6.07, 6.45) is 2.63. The number of aryl methyl sites for hydroxylation is 3. The average Bonchev–Trinajstić information content (AvgIpc) is 2.75. The zero-order valence-corrected chi connectivity index (χ0v) is 11.4. The number of aromatic nitrogens is 3. The van der Waals surface area contributed by atoms with Gasteiger partial charge >= 0.3 is 0 Å². The van der Waals surface area contributed by atoms with E-state index >= 15 is 0 Å². The molecule has 0 atom stereocenters. The van der Waals surface area contributed by atoms with Crippen LogP contribution in [-0.4, -0.2) is 21.3 Å². The molecule has 0 spiro atoms. The topological polar surface area (TPSA) is 66.5 Å². The van der Waals surface area contributed by atoms with E-state index in [4.69, 9.17) is 0 Å². The van der Waals surface area contributed by atoms with Crippen LogP contribution in [-0.2, 0) is 13.5 Å². The van der Waals surface area contributed by atoms with Crippen LogP contribution >= 0.6 is 0 Å². The van der Waals surface area contributed by atoms with Gasteiger partial charge in [-0.1, -0.05) is 0 Å². The minimum atomic E-state index is 0.621.